The number of carbonyl (C=O) groups is 1. The molecule has 0 heterocycles. The van der Waals surface area contributed by atoms with Crippen molar-refractivity contribution in [2.45, 2.75) is 13.0 Å². The maximum Gasteiger partial charge on any atom is 0.254 e. The van der Waals surface area contributed by atoms with Crippen LogP contribution in [0.4, 0.5) is 8.78 Å². The van der Waals surface area contributed by atoms with Crippen LogP contribution < -0.4 is 5.32 Å². The quantitative estimate of drug-likeness (QED) is 0.662. The third-order valence-corrected chi connectivity index (χ3v) is 2.62. The zero-order valence-corrected chi connectivity index (χ0v) is 9.87. The molecule has 0 bridgehead atoms. The van der Waals surface area contributed by atoms with Crippen LogP contribution in [-0.2, 0) is 0 Å². The molecule has 1 rings (SSSR count). The van der Waals surface area contributed by atoms with Gasteiger partial charge in [-0.2, -0.15) is 0 Å². The zero-order chi connectivity index (χ0) is 12.3. The first-order valence-corrected chi connectivity index (χ1v) is 5.38. The van der Waals surface area contributed by atoms with Crippen LogP contribution >= 0.6 is 23.2 Å². The molecule has 88 valence electrons. The van der Waals surface area contributed by atoms with E-state index in [2.05, 4.69) is 5.32 Å². The van der Waals surface area contributed by atoms with Crippen molar-refractivity contribution in [3.05, 3.63) is 34.4 Å². The van der Waals surface area contributed by atoms with Crippen molar-refractivity contribution in [1.29, 1.82) is 0 Å². The second kappa shape index (κ2) is 5.46. The molecule has 1 amide bonds. The summed E-state index contributed by atoms with van der Waals surface area (Å²) >= 11 is 10.8. The SMILES string of the molecule is CC(CCl)NC(=O)c1cc(F)c(Cl)cc1F. The normalized spacial score (nSPS) is 12.3. The standard InChI is InChI=1S/C10H9Cl2F2NO/c1-5(4-11)15-10(16)6-2-9(14)7(12)3-8(6)13/h2-3,5H,4H2,1H3,(H,15,16). The third-order valence-electron chi connectivity index (χ3n) is 1.86. The molecule has 0 aliphatic rings. The van der Waals surface area contributed by atoms with Gasteiger partial charge in [0.25, 0.3) is 5.91 Å². The Hall–Kier alpha value is -0.870. The van der Waals surface area contributed by atoms with Gasteiger partial charge in [0.2, 0.25) is 0 Å². The van der Waals surface area contributed by atoms with Crippen LogP contribution in [0.3, 0.4) is 0 Å². The van der Waals surface area contributed by atoms with Gasteiger partial charge in [-0.25, -0.2) is 8.78 Å². The van der Waals surface area contributed by atoms with E-state index in [-0.39, 0.29) is 22.5 Å². The molecule has 0 spiro atoms. The van der Waals surface area contributed by atoms with Crippen LogP contribution in [0.2, 0.25) is 5.02 Å². The molecule has 0 fully saturated rings. The van der Waals surface area contributed by atoms with Crippen molar-refractivity contribution >= 4 is 29.1 Å². The lowest BCUT2D eigenvalue weighted by Gasteiger charge is -2.11. The Morgan fingerprint density at radius 3 is 2.62 bits per heavy atom. The van der Waals surface area contributed by atoms with Gasteiger partial charge in [-0.1, -0.05) is 11.6 Å². The van der Waals surface area contributed by atoms with Gasteiger partial charge in [-0.3, -0.25) is 4.79 Å². The lowest BCUT2D eigenvalue weighted by Crippen LogP contribution is -2.34. The monoisotopic (exact) mass is 267 g/mol. The van der Waals surface area contributed by atoms with Crippen molar-refractivity contribution in [3.63, 3.8) is 0 Å². The Kier molecular flexibility index (Phi) is 4.50. The summed E-state index contributed by atoms with van der Waals surface area (Å²) in [6.45, 7) is 1.65. The van der Waals surface area contributed by atoms with Crippen molar-refractivity contribution in [3.8, 4) is 0 Å². The average molecular weight is 268 g/mol. The lowest BCUT2D eigenvalue weighted by atomic mass is 10.2. The molecule has 1 atom stereocenters. The molecule has 0 saturated heterocycles. The number of carbonyl (C=O) groups excluding carboxylic acids is 1. The maximum atomic E-state index is 13.3. The fourth-order valence-corrected chi connectivity index (χ4v) is 1.26. The van der Waals surface area contributed by atoms with Crippen LogP contribution in [0.15, 0.2) is 12.1 Å². The third kappa shape index (κ3) is 3.06. The Balaban J connectivity index is 2.96. The van der Waals surface area contributed by atoms with E-state index in [9.17, 15) is 13.6 Å². The summed E-state index contributed by atoms with van der Waals surface area (Å²) in [5.41, 5.74) is -0.390. The molecule has 6 heteroatoms. The number of rotatable bonds is 3. The number of halogens is 4. The summed E-state index contributed by atoms with van der Waals surface area (Å²) < 4.78 is 26.3. The Bertz CT molecular complexity index is 412. The van der Waals surface area contributed by atoms with Crippen LogP contribution in [0.5, 0.6) is 0 Å². The highest BCUT2D eigenvalue weighted by atomic mass is 35.5. The van der Waals surface area contributed by atoms with Gasteiger partial charge in [0, 0.05) is 11.9 Å². The fourth-order valence-electron chi connectivity index (χ4n) is 1.04. The lowest BCUT2D eigenvalue weighted by molar-refractivity contribution is 0.0939. The molecule has 0 aromatic heterocycles. The highest BCUT2D eigenvalue weighted by molar-refractivity contribution is 6.30. The van der Waals surface area contributed by atoms with E-state index in [1.165, 1.54) is 0 Å². The van der Waals surface area contributed by atoms with Gasteiger partial charge in [-0.15, -0.1) is 11.6 Å². The summed E-state index contributed by atoms with van der Waals surface area (Å²) in [7, 11) is 0. The van der Waals surface area contributed by atoms with Gasteiger partial charge in [0.05, 0.1) is 10.6 Å². The van der Waals surface area contributed by atoms with E-state index in [1.807, 2.05) is 0 Å². The Labute approximate surface area is 102 Å². The highest BCUT2D eigenvalue weighted by Crippen LogP contribution is 2.19. The molecule has 1 N–H and O–H groups in total. The minimum Gasteiger partial charge on any atom is -0.348 e. The molecule has 2 nitrogen and oxygen atoms in total. The molecule has 0 aliphatic heterocycles. The summed E-state index contributed by atoms with van der Waals surface area (Å²) in [5, 5.41) is 2.05. The Morgan fingerprint density at radius 2 is 2.06 bits per heavy atom. The van der Waals surface area contributed by atoms with Crippen molar-refractivity contribution < 1.29 is 13.6 Å². The van der Waals surface area contributed by atoms with Gasteiger partial charge in [-0.05, 0) is 19.1 Å². The first kappa shape index (κ1) is 13.2. The minimum absolute atomic E-state index is 0.184. The molecule has 1 aromatic carbocycles. The average Bonchev–Trinajstić information content (AvgIpc) is 2.23. The molecular weight excluding hydrogens is 259 g/mol. The zero-order valence-electron chi connectivity index (χ0n) is 8.36. The van der Waals surface area contributed by atoms with Crippen molar-refractivity contribution in [1.82, 2.24) is 5.32 Å². The van der Waals surface area contributed by atoms with Gasteiger partial charge in [0.1, 0.15) is 11.6 Å². The summed E-state index contributed by atoms with van der Waals surface area (Å²) in [5.74, 6) is -2.25. The Morgan fingerprint density at radius 1 is 1.44 bits per heavy atom. The minimum atomic E-state index is -0.870. The smallest absolute Gasteiger partial charge is 0.254 e. The molecular formula is C10H9Cl2F2NO. The topological polar surface area (TPSA) is 29.1 Å². The fraction of sp³-hybridized carbons (Fsp3) is 0.300. The largest absolute Gasteiger partial charge is 0.348 e. The summed E-state index contributed by atoms with van der Waals surface area (Å²) in [6.07, 6.45) is 0. The number of hydrogen-bond donors (Lipinski definition) is 1. The van der Waals surface area contributed by atoms with E-state index >= 15 is 0 Å². The number of alkyl halides is 1. The first-order valence-electron chi connectivity index (χ1n) is 4.47. The molecule has 1 aromatic rings. The molecule has 0 aliphatic carbocycles. The summed E-state index contributed by atoms with van der Waals surface area (Å²) in [6, 6.07) is 1.19. The predicted octanol–water partition coefficient (Wildman–Crippen LogP) is 2.98. The predicted molar refractivity (Wildman–Crippen MR) is 59.0 cm³/mol. The number of nitrogens with one attached hydrogen (secondary N) is 1. The van der Waals surface area contributed by atoms with Crippen molar-refractivity contribution in [2.75, 3.05) is 5.88 Å². The van der Waals surface area contributed by atoms with Crippen LogP contribution in [0.25, 0.3) is 0 Å². The van der Waals surface area contributed by atoms with Crippen LogP contribution in [0, 0.1) is 11.6 Å². The van der Waals surface area contributed by atoms with E-state index in [4.69, 9.17) is 23.2 Å². The van der Waals surface area contributed by atoms with Gasteiger partial charge < -0.3 is 5.32 Å². The van der Waals surface area contributed by atoms with E-state index < -0.39 is 17.5 Å². The summed E-state index contributed by atoms with van der Waals surface area (Å²) in [4.78, 5) is 11.5. The number of benzene rings is 1. The highest BCUT2D eigenvalue weighted by Gasteiger charge is 2.16. The number of hydrogen-bond acceptors (Lipinski definition) is 1. The maximum absolute atomic E-state index is 13.3. The molecule has 16 heavy (non-hydrogen) atoms. The van der Waals surface area contributed by atoms with Gasteiger partial charge >= 0.3 is 0 Å². The van der Waals surface area contributed by atoms with E-state index in [0.29, 0.717) is 0 Å². The van der Waals surface area contributed by atoms with E-state index in [0.717, 1.165) is 12.1 Å². The molecule has 0 saturated carbocycles. The second-order valence-corrected chi connectivity index (χ2v) is 3.99. The number of amides is 1. The van der Waals surface area contributed by atoms with Crippen LogP contribution in [-0.4, -0.2) is 17.8 Å². The van der Waals surface area contributed by atoms with Crippen molar-refractivity contribution in [2.24, 2.45) is 0 Å². The molecule has 0 radical (unpaired) electrons. The van der Waals surface area contributed by atoms with E-state index in [1.54, 1.807) is 6.92 Å². The van der Waals surface area contributed by atoms with Gasteiger partial charge in [0.15, 0.2) is 0 Å². The second-order valence-electron chi connectivity index (χ2n) is 3.27. The molecule has 1 unspecified atom stereocenters. The van der Waals surface area contributed by atoms with Crippen LogP contribution in [0.1, 0.15) is 17.3 Å². The first-order chi connectivity index (χ1) is 7.45.